The van der Waals surface area contributed by atoms with E-state index in [1.54, 1.807) is 18.0 Å². The molecule has 4 rings (SSSR count). The molecule has 0 radical (unpaired) electrons. The molecule has 0 aliphatic carbocycles. The van der Waals surface area contributed by atoms with E-state index in [1.165, 1.54) is 11.1 Å². The Bertz CT molecular complexity index is 903. The van der Waals surface area contributed by atoms with Crippen LogP contribution in [0.2, 0.25) is 0 Å². The lowest BCUT2D eigenvalue weighted by atomic mass is 10.1. The average Bonchev–Trinajstić information content (AvgIpc) is 3.46. The van der Waals surface area contributed by atoms with Gasteiger partial charge in [0, 0.05) is 12.4 Å². The molecule has 3 aromatic rings. The maximum absolute atomic E-state index is 5.89. The lowest BCUT2D eigenvalue weighted by Crippen LogP contribution is -2.23. The van der Waals surface area contributed by atoms with Gasteiger partial charge in [0.2, 0.25) is 0 Å². The number of thioether (sulfide) groups is 1. The lowest BCUT2D eigenvalue weighted by Gasteiger charge is -2.18. The molecule has 1 aliphatic heterocycles. The first kappa shape index (κ1) is 20.2. The van der Waals surface area contributed by atoms with E-state index in [2.05, 4.69) is 57.9 Å². The van der Waals surface area contributed by atoms with Gasteiger partial charge in [0.1, 0.15) is 11.6 Å². The van der Waals surface area contributed by atoms with Crippen LogP contribution >= 0.6 is 11.8 Å². The van der Waals surface area contributed by atoms with Gasteiger partial charge in [-0.2, -0.15) is 0 Å². The van der Waals surface area contributed by atoms with E-state index in [9.17, 15) is 0 Å². The first-order valence-electron chi connectivity index (χ1n) is 10.1. The molecule has 0 saturated carbocycles. The molecule has 2 aromatic heterocycles. The van der Waals surface area contributed by atoms with Crippen molar-refractivity contribution in [2.24, 2.45) is 0 Å². The van der Waals surface area contributed by atoms with Gasteiger partial charge in [0.25, 0.3) is 0 Å². The molecule has 0 bridgehead atoms. The smallest absolute Gasteiger partial charge is 0.191 e. The van der Waals surface area contributed by atoms with Crippen molar-refractivity contribution < 1.29 is 9.15 Å². The monoisotopic (exact) mass is 412 g/mol. The number of ether oxygens (including phenoxy) is 1. The molecule has 0 unspecified atom stereocenters. The van der Waals surface area contributed by atoms with Crippen LogP contribution in [0.1, 0.15) is 35.6 Å². The Kier molecular flexibility index (Phi) is 6.69. The Labute approximate surface area is 176 Å². The van der Waals surface area contributed by atoms with Gasteiger partial charge >= 0.3 is 0 Å². The molecule has 0 N–H and O–H groups in total. The summed E-state index contributed by atoms with van der Waals surface area (Å²) in [5.74, 6) is 2.81. The molecule has 1 aromatic carbocycles. The molecule has 0 amide bonds. The highest BCUT2D eigenvalue weighted by Crippen LogP contribution is 2.26. The van der Waals surface area contributed by atoms with Crippen LogP contribution < -0.4 is 0 Å². The standard InChI is InChI=1S/C22H28N4O2S/c1-17-7-3-4-8-18(17)16-29-22-24-23-21(26(22)14-20-10-6-12-28-20)15-25(2)13-19-9-5-11-27-19/h3-5,7-9,11,20H,6,10,12-16H2,1-2H3/t20-/m0/s1. The molecule has 1 fully saturated rings. The van der Waals surface area contributed by atoms with Gasteiger partial charge < -0.3 is 13.7 Å². The summed E-state index contributed by atoms with van der Waals surface area (Å²) < 4.78 is 13.6. The van der Waals surface area contributed by atoms with E-state index in [0.29, 0.717) is 6.54 Å². The largest absolute Gasteiger partial charge is 0.468 e. The van der Waals surface area contributed by atoms with E-state index in [-0.39, 0.29) is 6.10 Å². The quantitative estimate of drug-likeness (QED) is 0.489. The molecule has 29 heavy (non-hydrogen) atoms. The molecule has 6 nitrogen and oxygen atoms in total. The summed E-state index contributed by atoms with van der Waals surface area (Å²) in [6, 6.07) is 12.4. The number of hydrogen-bond acceptors (Lipinski definition) is 6. The molecule has 1 saturated heterocycles. The van der Waals surface area contributed by atoms with Crippen molar-refractivity contribution >= 4 is 11.8 Å². The minimum absolute atomic E-state index is 0.248. The SMILES string of the molecule is Cc1ccccc1CSc1nnc(CN(C)Cc2ccco2)n1C[C@@H]1CCCO1. The Hall–Kier alpha value is -2.09. The number of nitrogens with zero attached hydrogens (tertiary/aromatic N) is 4. The van der Waals surface area contributed by atoms with Crippen LogP contribution in [-0.4, -0.2) is 39.4 Å². The fourth-order valence-corrected chi connectivity index (χ4v) is 4.64. The molecule has 3 heterocycles. The van der Waals surface area contributed by atoms with Crippen molar-refractivity contribution in [3.05, 3.63) is 65.4 Å². The minimum Gasteiger partial charge on any atom is -0.468 e. The summed E-state index contributed by atoms with van der Waals surface area (Å²) in [6.07, 6.45) is 4.19. The van der Waals surface area contributed by atoms with Crippen molar-refractivity contribution in [2.45, 2.75) is 56.4 Å². The summed E-state index contributed by atoms with van der Waals surface area (Å²) >= 11 is 1.75. The second-order valence-electron chi connectivity index (χ2n) is 7.61. The fraction of sp³-hybridized carbons (Fsp3) is 0.455. The van der Waals surface area contributed by atoms with Crippen molar-refractivity contribution in [1.29, 1.82) is 0 Å². The molecule has 7 heteroatoms. The van der Waals surface area contributed by atoms with Crippen LogP contribution in [0.3, 0.4) is 0 Å². The third-order valence-electron chi connectivity index (χ3n) is 5.24. The van der Waals surface area contributed by atoms with E-state index in [0.717, 1.165) is 55.0 Å². The van der Waals surface area contributed by atoms with Crippen LogP contribution in [0, 0.1) is 6.92 Å². The van der Waals surface area contributed by atoms with Crippen molar-refractivity contribution in [1.82, 2.24) is 19.7 Å². The third kappa shape index (κ3) is 5.29. The van der Waals surface area contributed by atoms with E-state index in [4.69, 9.17) is 9.15 Å². The van der Waals surface area contributed by atoms with Gasteiger partial charge in [0.05, 0.1) is 32.0 Å². The van der Waals surface area contributed by atoms with Gasteiger partial charge in [-0.3, -0.25) is 4.90 Å². The summed E-state index contributed by atoms with van der Waals surface area (Å²) in [5, 5.41) is 10.0. The van der Waals surface area contributed by atoms with Crippen molar-refractivity contribution in [2.75, 3.05) is 13.7 Å². The maximum Gasteiger partial charge on any atom is 0.191 e. The second-order valence-corrected chi connectivity index (χ2v) is 8.55. The van der Waals surface area contributed by atoms with Crippen LogP contribution in [0.4, 0.5) is 0 Å². The molecule has 154 valence electrons. The third-order valence-corrected chi connectivity index (χ3v) is 6.25. The summed E-state index contributed by atoms with van der Waals surface area (Å²) in [4.78, 5) is 2.20. The van der Waals surface area contributed by atoms with Gasteiger partial charge in [-0.25, -0.2) is 0 Å². The number of furan rings is 1. The lowest BCUT2D eigenvalue weighted by molar-refractivity contribution is 0.0933. The average molecular weight is 413 g/mol. The number of rotatable bonds is 9. The van der Waals surface area contributed by atoms with E-state index < -0.39 is 0 Å². The summed E-state index contributed by atoms with van der Waals surface area (Å²) in [5.41, 5.74) is 2.64. The predicted molar refractivity (Wildman–Crippen MR) is 114 cm³/mol. The molecule has 1 aliphatic rings. The van der Waals surface area contributed by atoms with Crippen molar-refractivity contribution in [3.8, 4) is 0 Å². The predicted octanol–water partition coefficient (Wildman–Crippen LogP) is 4.28. The summed E-state index contributed by atoms with van der Waals surface area (Å²) in [7, 11) is 2.08. The van der Waals surface area contributed by atoms with Crippen LogP contribution in [-0.2, 0) is 30.1 Å². The second kappa shape index (κ2) is 9.61. The zero-order chi connectivity index (χ0) is 20.1. The van der Waals surface area contributed by atoms with Crippen LogP contribution in [0.15, 0.2) is 52.2 Å². The molecular weight excluding hydrogens is 384 g/mol. The highest BCUT2D eigenvalue weighted by atomic mass is 32.2. The van der Waals surface area contributed by atoms with E-state index in [1.807, 2.05) is 12.1 Å². The number of benzene rings is 1. The molecule has 0 spiro atoms. The van der Waals surface area contributed by atoms with Crippen LogP contribution in [0.25, 0.3) is 0 Å². The summed E-state index contributed by atoms with van der Waals surface area (Å²) in [6.45, 7) is 5.28. The number of aromatic nitrogens is 3. The topological polar surface area (TPSA) is 56.3 Å². The van der Waals surface area contributed by atoms with Gasteiger partial charge in [-0.05, 0) is 50.1 Å². The first-order chi connectivity index (χ1) is 14.2. The van der Waals surface area contributed by atoms with Gasteiger partial charge in [-0.1, -0.05) is 36.0 Å². The van der Waals surface area contributed by atoms with Crippen LogP contribution in [0.5, 0.6) is 0 Å². The number of hydrogen-bond donors (Lipinski definition) is 0. The maximum atomic E-state index is 5.89. The zero-order valence-corrected chi connectivity index (χ0v) is 17.9. The Balaban J connectivity index is 1.48. The fourth-order valence-electron chi connectivity index (χ4n) is 3.60. The Morgan fingerprint density at radius 2 is 2.07 bits per heavy atom. The van der Waals surface area contributed by atoms with Crippen molar-refractivity contribution in [3.63, 3.8) is 0 Å². The highest BCUT2D eigenvalue weighted by Gasteiger charge is 2.22. The molecular formula is C22H28N4O2S. The van der Waals surface area contributed by atoms with Gasteiger partial charge in [-0.15, -0.1) is 10.2 Å². The zero-order valence-electron chi connectivity index (χ0n) is 17.1. The van der Waals surface area contributed by atoms with Gasteiger partial charge in [0.15, 0.2) is 5.16 Å². The Morgan fingerprint density at radius 1 is 1.17 bits per heavy atom. The Morgan fingerprint density at radius 3 is 2.83 bits per heavy atom. The highest BCUT2D eigenvalue weighted by molar-refractivity contribution is 7.98. The van der Waals surface area contributed by atoms with E-state index >= 15 is 0 Å². The first-order valence-corrected chi connectivity index (χ1v) is 11.1. The minimum atomic E-state index is 0.248. The molecule has 1 atom stereocenters. The number of aryl methyl sites for hydroxylation is 1. The normalized spacial score (nSPS) is 16.7.